The van der Waals surface area contributed by atoms with Crippen molar-refractivity contribution in [1.82, 2.24) is 9.47 Å². The molecule has 1 aliphatic rings. The molecule has 1 saturated heterocycles. The second kappa shape index (κ2) is 6.44. The SMILES string of the molecule is Cc1cn(-c2cc(Cl)ccc2Cl)/c(=N/C(=O)N2CCCC2)s1. The van der Waals surface area contributed by atoms with Crippen LogP contribution in [0.2, 0.25) is 10.0 Å². The minimum atomic E-state index is -0.189. The Hall–Kier alpha value is -1.30. The van der Waals surface area contributed by atoms with E-state index < -0.39 is 0 Å². The topological polar surface area (TPSA) is 37.6 Å². The maximum atomic E-state index is 12.3. The molecule has 0 radical (unpaired) electrons. The van der Waals surface area contributed by atoms with Gasteiger partial charge in [-0.1, -0.05) is 23.2 Å². The first-order valence-electron chi connectivity index (χ1n) is 7.03. The van der Waals surface area contributed by atoms with Crippen molar-refractivity contribution in [3.63, 3.8) is 0 Å². The maximum absolute atomic E-state index is 12.3. The summed E-state index contributed by atoms with van der Waals surface area (Å²) in [6.07, 6.45) is 4.01. The predicted octanol–water partition coefficient (Wildman–Crippen LogP) is 4.27. The molecule has 2 amide bonds. The van der Waals surface area contributed by atoms with Gasteiger partial charge in [0, 0.05) is 29.2 Å². The lowest BCUT2D eigenvalue weighted by atomic mass is 10.3. The van der Waals surface area contributed by atoms with Crippen LogP contribution in [0.5, 0.6) is 0 Å². The van der Waals surface area contributed by atoms with Crippen molar-refractivity contribution < 1.29 is 4.79 Å². The quantitative estimate of drug-likeness (QED) is 0.752. The smallest absolute Gasteiger partial charge is 0.323 e. The van der Waals surface area contributed by atoms with Crippen molar-refractivity contribution in [2.75, 3.05) is 13.1 Å². The van der Waals surface area contributed by atoms with Crippen molar-refractivity contribution in [1.29, 1.82) is 0 Å². The molecule has 1 aliphatic heterocycles. The Labute approximate surface area is 142 Å². The van der Waals surface area contributed by atoms with Crippen molar-refractivity contribution in [3.8, 4) is 5.69 Å². The molecule has 3 rings (SSSR count). The number of rotatable bonds is 1. The average molecular weight is 356 g/mol. The van der Waals surface area contributed by atoms with E-state index in [1.807, 2.05) is 17.7 Å². The minimum absolute atomic E-state index is 0.189. The highest BCUT2D eigenvalue weighted by Gasteiger charge is 2.17. The molecule has 1 aromatic heterocycles. The zero-order valence-electron chi connectivity index (χ0n) is 12.1. The molecule has 22 heavy (non-hydrogen) atoms. The molecule has 2 heterocycles. The largest absolute Gasteiger partial charge is 0.346 e. The number of carbonyl (C=O) groups excluding carboxylic acids is 1. The fraction of sp³-hybridized carbons (Fsp3) is 0.333. The number of hydrogen-bond donors (Lipinski definition) is 0. The molecule has 0 bridgehead atoms. The van der Waals surface area contributed by atoms with E-state index in [9.17, 15) is 4.79 Å². The van der Waals surface area contributed by atoms with E-state index in [2.05, 4.69) is 4.99 Å². The highest BCUT2D eigenvalue weighted by molar-refractivity contribution is 7.09. The van der Waals surface area contributed by atoms with Gasteiger partial charge in [0.2, 0.25) is 0 Å². The van der Waals surface area contributed by atoms with E-state index in [-0.39, 0.29) is 6.03 Å². The van der Waals surface area contributed by atoms with Gasteiger partial charge in [0.15, 0.2) is 4.80 Å². The summed E-state index contributed by atoms with van der Waals surface area (Å²) in [7, 11) is 0. The summed E-state index contributed by atoms with van der Waals surface area (Å²) >= 11 is 13.8. The Morgan fingerprint density at radius 2 is 2.00 bits per heavy atom. The summed E-state index contributed by atoms with van der Waals surface area (Å²) in [5.74, 6) is 0. The van der Waals surface area contributed by atoms with Gasteiger partial charge in [-0.15, -0.1) is 11.3 Å². The summed E-state index contributed by atoms with van der Waals surface area (Å²) in [6, 6.07) is 5.06. The molecule has 0 unspecified atom stereocenters. The molecule has 0 spiro atoms. The van der Waals surface area contributed by atoms with Gasteiger partial charge in [-0.2, -0.15) is 4.99 Å². The second-order valence-corrected chi connectivity index (χ2v) is 7.24. The van der Waals surface area contributed by atoms with Gasteiger partial charge in [-0.3, -0.25) is 4.57 Å². The number of likely N-dealkylation sites (tertiary alicyclic amines) is 1. The number of nitrogens with zero attached hydrogens (tertiary/aromatic N) is 3. The lowest BCUT2D eigenvalue weighted by molar-refractivity contribution is 0.218. The van der Waals surface area contributed by atoms with Crippen LogP contribution >= 0.6 is 34.5 Å². The first-order valence-corrected chi connectivity index (χ1v) is 8.60. The van der Waals surface area contributed by atoms with Crippen molar-refractivity contribution in [2.24, 2.45) is 4.99 Å². The number of benzene rings is 1. The lowest BCUT2D eigenvalue weighted by Gasteiger charge is -2.11. The molecule has 116 valence electrons. The third kappa shape index (κ3) is 3.21. The number of urea groups is 1. The van der Waals surface area contributed by atoms with Gasteiger partial charge in [0.25, 0.3) is 0 Å². The minimum Gasteiger partial charge on any atom is -0.323 e. The van der Waals surface area contributed by atoms with Crippen LogP contribution in [0, 0.1) is 6.92 Å². The van der Waals surface area contributed by atoms with Gasteiger partial charge < -0.3 is 4.90 Å². The van der Waals surface area contributed by atoms with Gasteiger partial charge in [0.05, 0.1) is 10.7 Å². The van der Waals surface area contributed by atoms with E-state index in [0.29, 0.717) is 14.8 Å². The number of hydrogen-bond acceptors (Lipinski definition) is 2. The Kier molecular flexibility index (Phi) is 4.57. The highest BCUT2D eigenvalue weighted by atomic mass is 35.5. The van der Waals surface area contributed by atoms with Crippen LogP contribution in [0.1, 0.15) is 17.7 Å². The van der Waals surface area contributed by atoms with Crippen LogP contribution < -0.4 is 4.80 Å². The first kappa shape index (κ1) is 15.6. The van der Waals surface area contributed by atoms with Gasteiger partial charge in [-0.05, 0) is 38.0 Å². The number of amides is 2. The second-order valence-electron chi connectivity index (χ2n) is 5.18. The summed E-state index contributed by atoms with van der Waals surface area (Å²) in [5.41, 5.74) is 0.728. The van der Waals surface area contributed by atoms with Crippen LogP contribution in [0.4, 0.5) is 4.79 Å². The third-order valence-corrected chi connectivity index (χ3v) is 4.96. The zero-order chi connectivity index (χ0) is 15.7. The van der Waals surface area contributed by atoms with Gasteiger partial charge in [-0.25, -0.2) is 4.79 Å². The Morgan fingerprint density at radius 1 is 1.27 bits per heavy atom. The summed E-state index contributed by atoms with van der Waals surface area (Å²) < 4.78 is 1.82. The standard InChI is InChI=1S/C15H15Cl2N3OS/c1-10-9-20(13-8-11(16)4-5-12(13)17)15(22-10)18-14(21)19-6-2-3-7-19/h4-5,8-9H,2-3,6-7H2,1H3/b18-15-. The zero-order valence-corrected chi connectivity index (χ0v) is 14.4. The molecule has 0 saturated carbocycles. The molecule has 1 fully saturated rings. The Bertz CT molecular complexity index is 775. The van der Waals surface area contributed by atoms with E-state index in [0.717, 1.165) is 36.5 Å². The number of halogens is 2. The normalized spacial score (nSPS) is 15.6. The summed E-state index contributed by atoms with van der Waals surface area (Å²) in [4.78, 5) is 20.0. The maximum Gasteiger partial charge on any atom is 0.346 e. The van der Waals surface area contributed by atoms with Crippen molar-refractivity contribution in [2.45, 2.75) is 19.8 Å². The van der Waals surface area contributed by atoms with Crippen LogP contribution in [0.25, 0.3) is 5.69 Å². The molecule has 1 aromatic carbocycles. The van der Waals surface area contributed by atoms with Crippen LogP contribution in [0.3, 0.4) is 0 Å². The molecule has 4 nitrogen and oxygen atoms in total. The fourth-order valence-electron chi connectivity index (χ4n) is 2.44. The molecule has 0 N–H and O–H groups in total. The number of thiazole rings is 1. The highest BCUT2D eigenvalue weighted by Crippen LogP contribution is 2.24. The first-order chi connectivity index (χ1) is 10.5. The summed E-state index contributed by atoms with van der Waals surface area (Å²) in [5, 5.41) is 1.16. The third-order valence-electron chi connectivity index (χ3n) is 3.50. The van der Waals surface area contributed by atoms with E-state index in [4.69, 9.17) is 23.2 Å². The Morgan fingerprint density at radius 3 is 2.73 bits per heavy atom. The van der Waals surface area contributed by atoms with Gasteiger partial charge >= 0.3 is 6.03 Å². The molecule has 2 aromatic rings. The van der Waals surface area contributed by atoms with E-state index in [1.165, 1.54) is 11.3 Å². The molecular formula is C15H15Cl2N3OS. The van der Waals surface area contributed by atoms with Gasteiger partial charge in [0.1, 0.15) is 0 Å². The van der Waals surface area contributed by atoms with E-state index >= 15 is 0 Å². The fourth-order valence-corrected chi connectivity index (χ4v) is 3.63. The molecule has 0 aliphatic carbocycles. The van der Waals surface area contributed by atoms with Crippen LogP contribution in [0.15, 0.2) is 29.4 Å². The number of carbonyl (C=O) groups is 1. The van der Waals surface area contributed by atoms with Crippen molar-refractivity contribution in [3.05, 3.63) is 44.1 Å². The van der Waals surface area contributed by atoms with Crippen molar-refractivity contribution >= 4 is 40.6 Å². The molecule has 0 atom stereocenters. The predicted molar refractivity (Wildman–Crippen MR) is 90.2 cm³/mol. The van der Waals surface area contributed by atoms with E-state index in [1.54, 1.807) is 23.1 Å². The van der Waals surface area contributed by atoms with Crippen LogP contribution in [-0.2, 0) is 0 Å². The Balaban J connectivity index is 2.06. The average Bonchev–Trinajstić information content (AvgIpc) is 3.11. The summed E-state index contributed by atoms with van der Waals surface area (Å²) in [6.45, 7) is 3.54. The van der Waals surface area contributed by atoms with Crippen LogP contribution in [-0.4, -0.2) is 28.6 Å². The molecule has 7 heteroatoms. The number of aromatic nitrogens is 1. The monoisotopic (exact) mass is 355 g/mol. The molecular weight excluding hydrogens is 341 g/mol. The number of aryl methyl sites for hydroxylation is 1. The lowest BCUT2D eigenvalue weighted by Crippen LogP contribution is -2.27.